The Hall–Kier alpha value is -3.01. The third kappa shape index (κ3) is 4.45. The Bertz CT molecular complexity index is 1200. The van der Waals surface area contributed by atoms with E-state index in [0.717, 1.165) is 22.3 Å². The standard InChI is InChI=1S/C28H23ClO2S/c1-20-11-17-24(18-12-20)28(23-7-3-2-4-8-23,25-9-5-6-10-26(25)29)32-19-21-13-15-22(16-14-21)27(30)31/h2-18H,19H2,1H3,(H,30,31). The van der Waals surface area contributed by atoms with Gasteiger partial charge in [0.15, 0.2) is 0 Å². The molecule has 2 nitrogen and oxygen atoms in total. The summed E-state index contributed by atoms with van der Waals surface area (Å²) in [5.41, 5.74) is 5.86. The normalized spacial score (nSPS) is 12.8. The van der Waals surface area contributed by atoms with Gasteiger partial charge >= 0.3 is 5.97 Å². The molecule has 0 radical (unpaired) electrons. The van der Waals surface area contributed by atoms with Crippen LogP contribution in [0.15, 0.2) is 103 Å². The lowest BCUT2D eigenvalue weighted by Crippen LogP contribution is -2.26. The summed E-state index contributed by atoms with van der Waals surface area (Å²) in [6.45, 7) is 2.08. The zero-order valence-electron chi connectivity index (χ0n) is 17.7. The minimum absolute atomic E-state index is 0.290. The van der Waals surface area contributed by atoms with E-state index in [0.29, 0.717) is 10.8 Å². The molecule has 32 heavy (non-hydrogen) atoms. The molecule has 0 spiro atoms. The van der Waals surface area contributed by atoms with Crippen molar-refractivity contribution in [2.75, 3.05) is 0 Å². The maximum atomic E-state index is 11.2. The summed E-state index contributed by atoms with van der Waals surface area (Å²) < 4.78 is -0.529. The zero-order chi connectivity index (χ0) is 22.6. The molecule has 4 aromatic carbocycles. The van der Waals surface area contributed by atoms with Gasteiger partial charge in [-0.3, -0.25) is 0 Å². The van der Waals surface area contributed by atoms with Crippen LogP contribution in [-0.4, -0.2) is 11.1 Å². The maximum Gasteiger partial charge on any atom is 0.335 e. The summed E-state index contributed by atoms with van der Waals surface area (Å²) >= 11 is 8.58. The van der Waals surface area contributed by atoms with Gasteiger partial charge in [-0.2, -0.15) is 0 Å². The fraction of sp³-hybridized carbons (Fsp3) is 0.107. The van der Waals surface area contributed by atoms with Crippen LogP contribution in [0, 0.1) is 6.92 Å². The lowest BCUT2D eigenvalue weighted by Gasteiger charge is -2.36. The summed E-state index contributed by atoms with van der Waals surface area (Å²) in [6.07, 6.45) is 0. The van der Waals surface area contributed by atoms with E-state index >= 15 is 0 Å². The van der Waals surface area contributed by atoms with Crippen molar-refractivity contribution in [2.45, 2.75) is 17.4 Å². The van der Waals surface area contributed by atoms with Crippen molar-refractivity contribution >= 4 is 29.3 Å². The van der Waals surface area contributed by atoms with Crippen molar-refractivity contribution in [1.82, 2.24) is 0 Å². The van der Waals surface area contributed by atoms with E-state index in [1.54, 1.807) is 23.9 Å². The second-order valence-corrected chi connectivity index (χ2v) is 9.28. The molecule has 0 saturated carbocycles. The first-order valence-electron chi connectivity index (χ1n) is 10.3. The van der Waals surface area contributed by atoms with E-state index in [1.807, 2.05) is 36.4 Å². The van der Waals surface area contributed by atoms with Crippen molar-refractivity contribution in [3.8, 4) is 0 Å². The van der Waals surface area contributed by atoms with E-state index in [9.17, 15) is 9.90 Å². The molecule has 160 valence electrons. The van der Waals surface area contributed by atoms with Crippen molar-refractivity contribution in [3.63, 3.8) is 0 Å². The molecule has 0 aliphatic rings. The number of rotatable bonds is 7. The molecule has 0 amide bonds. The van der Waals surface area contributed by atoms with Gasteiger partial charge in [-0.05, 0) is 47.4 Å². The predicted octanol–water partition coefficient (Wildman–Crippen LogP) is 7.57. The van der Waals surface area contributed by atoms with Crippen molar-refractivity contribution in [2.24, 2.45) is 0 Å². The lowest BCUT2D eigenvalue weighted by atomic mass is 9.83. The number of aryl methyl sites for hydroxylation is 1. The Morgan fingerprint density at radius 2 is 1.41 bits per heavy atom. The van der Waals surface area contributed by atoms with Gasteiger partial charge in [0.2, 0.25) is 0 Å². The third-order valence-electron chi connectivity index (χ3n) is 5.55. The molecule has 4 aromatic rings. The van der Waals surface area contributed by atoms with Crippen LogP contribution in [-0.2, 0) is 10.5 Å². The highest BCUT2D eigenvalue weighted by atomic mass is 35.5. The molecule has 1 atom stereocenters. The van der Waals surface area contributed by atoms with Crippen LogP contribution < -0.4 is 0 Å². The number of carboxylic acid groups (broad SMARTS) is 1. The number of hydrogen-bond donors (Lipinski definition) is 1. The minimum atomic E-state index is -0.918. The molecule has 0 heterocycles. The zero-order valence-corrected chi connectivity index (χ0v) is 19.2. The topological polar surface area (TPSA) is 37.3 Å². The number of hydrogen-bond acceptors (Lipinski definition) is 2. The first kappa shape index (κ1) is 22.2. The highest BCUT2D eigenvalue weighted by molar-refractivity contribution is 7.99. The lowest BCUT2D eigenvalue weighted by molar-refractivity contribution is 0.0697. The molecule has 0 aliphatic carbocycles. The molecule has 4 heteroatoms. The summed E-state index contributed by atoms with van der Waals surface area (Å²) in [5, 5.41) is 9.93. The molecule has 4 rings (SSSR count). The monoisotopic (exact) mass is 458 g/mol. The molecular formula is C28H23ClO2S. The van der Waals surface area contributed by atoms with Crippen LogP contribution in [0.1, 0.15) is 38.2 Å². The molecule has 0 aliphatic heterocycles. The number of carbonyl (C=O) groups is 1. The molecule has 1 N–H and O–H groups in total. The van der Waals surface area contributed by atoms with Crippen molar-refractivity contribution in [1.29, 1.82) is 0 Å². The van der Waals surface area contributed by atoms with Crippen molar-refractivity contribution in [3.05, 3.63) is 142 Å². The first-order valence-corrected chi connectivity index (χ1v) is 11.7. The van der Waals surface area contributed by atoms with Gasteiger partial charge in [0.05, 0.1) is 10.3 Å². The maximum absolute atomic E-state index is 11.2. The SMILES string of the molecule is Cc1ccc(C(SCc2ccc(C(=O)O)cc2)(c2ccccc2)c2ccccc2Cl)cc1. The second-order valence-electron chi connectivity index (χ2n) is 7.68. The predicted molar refractivity (Wildman–Crippen MR) is 134 cm³/mol. The van der Waals surface area contributed by atoms with Gasteiger partial charge in [0.25, 0.3) is 0 Å². The van der Waals surface area contributed by atoms with Gasteiger partial charge in [-0.25, -0.2) is 4.79 Å². The average molecular weight is 459 g/mol. The Morgan fingerprint density at radius 3 is 2.03 bits per heavy atom. The van der Waals surface area contributed by atoms with Crippen LogP contribution in [0.25, 0.3) is 0 Å². The van der Waals surface area contributed by atoms with Crippen LogP contribution in [0.3, 0.4) is 0 Å². The number of halogens is 1. The van der Waals surface area contributed by atoms with E-state index in [2.05, 4.69) is 61.5 Å². The van der Waals surface area contributed by atoms with Crippen LogP contribution in [0.4, 0.5) is 0 Å². The largest absolute Gasteiger partial charge is 0.478 e. The number of aromatic carboxylic acids is 1. The Balaban J connectivity index is 1.87. The summed E-state index contributed by atoms with van der Waals surface area (Å²) in [5.74, 6) is -0.230. The summed E-state index contributed by atoms with van der Waals surface area (Å²) in [7, 11) is 0. The highest BCUT2D eigenvalue weighted by Crippen LogP contribution is 2.51. The second kappa shape index (κ2) is 9.64. The Morgan fingerprint density at radius 1 is 0.812 bits per heavy atom. The van der Waals surface area contributed by atoms with Crippen molar-refractivity contribution < 1.29 is 9.90 Å². The number of carboxylic acids is 1. The fourth-order valence-electron chi connectivity index (χ4n) is 3.87. The first-order chi connectivity index (χ1) is 15.5. The molecular weight excluding hydrogens is 436 g/mol. The van der Waals surface area contributed by atoms with E-state index in [-0.39, 0.29) is 5.56 Å². The van der Waals surface area contributed by atoms with Gasteiger partial charge in [-0.1, -0.05) is 102 Å². The third-order valence-corrected chi connectivity index (χ3v) is 7.48. The molecule has 1 unspecified atom stereocenters. The molecule has 0 aromatic heterocycles. The van der Waals surface area contributed by atoms with Gasteiger partial charge in [0.1, 0.15) is 0 Å². The quantitative estimate of drug-likeness (QED) is 0.290. The minimum Gasteiger partial charge on any atom is -0.478 e. The molecule has 0 bridgehead atoms. The smallest absolute Gasteiger partial charge is 0.335 e. The molecule has 0 saturated heterocycles. The van der Waals surface area contributed by atoms with E-state index in [1.165, 1.54) is 5.56 Å². The fourth-order valence-corrected chi connectivity index (χ4v) is 5.71. The molecule has 0 fully saturated rings. The summed E-state index contributed by atoms with van der Waals surface area (Å²) in [6, 6.07) is 34.1. The van der Waals surface area contributed by atoms with Crippen LogP contribution in [0.5, 0.6) is 0 Å². The van der Waals surface area contributed by atoms with E-state index < -0.39 is 10.7 Å². The van der Waals surface area contributed by atoms with Gasteiger partial charge in [-0.15, -0.1) is 11.8 Å². The summed E-state index contributed by atoms with van der Waals surface area (Å²) in [4.78, 5) is 11.2. The average Bonchev–Trinajstić information content (AvgIpc) is 2.82. The Labute approximate surface area is 197 Å². The van der Waals surface area contributed by atoms with Gasteiger partial charge < -0.3 is 5.11 Å². The number of thioether (sulfide) groups is 1. The van der Waals surface area contributed by atoms with Crippen LogP contribution >= 0.6 is 23.4 Å². The number of benzene rings is 4. The van der Waals surface area contributed by atoms with Crippen LogP contribution in [0.2, 0.25) is 5.02 Å². The Kier molecular flexibility index (Phi) is 6.69. The van der Waals surface area contributed by atoms with Gasteiger partial charge in [0, 0.05) is 10.8 Å². The highest BCUT2D eigenvalue weighted by Gasteiger charge is 2.38. The van der Waals surface area contributed by atoms with E-state index in [4.69, 9.17) is 11.6 Å².